The molecule has 1 amide bonds. The van der Waals surface area contributed by atoms with Crippen LogP contribution in [0.4, 0.5) is 0 Å². The van der Waals surface area contributed by atoms with Crippen LogP contribution < -0.4 is 5.32 Å². The number of carboxylic acids is 1. The molecule has 0 saturated heterocycles. The second kappa shape index (κ2) is 7.20. The number of aromatic nitrogens is 1. The van der Waals surface area contributed by atoms with Gasteiger partial charge in [-0.15, -0.1) is 0 Å². The van der Waals surface area contributed by atoms with Gasteiger partial charge in [-0.1, -0.05) is 25.8 Å². The zero-order valence-electron chi connectivity index (χ0n) is 12.3. The molecule has 1 fully saturated rings. The van der Waals surface area contributed by atoms with Gasteiger partial charge in [0.1, 0.15) is 0 Å². The van der Waals surface area contributed by atoms with Crippen LogP contribution in [-0.4, -0.2) is 22.0 Å². The molecule has 0 radical (unpaired) electrons. The molecule has 5 nitrogen and oxygen atoms in total. The standard InChI is InChI=1S/C16H22N2O3/c1-2-11-6-5-9-17-14(11)10-18-15(19)12-7-3-4-8-13(12)16(20)21/h5-6,9,12-13H,2-4,7-8,10H2,1H3,(H,18,19)(H,20,21). The molecular formula is C16H22N2O3. The SMILES string of the molecule is CCc1cccnc1CNC(=O)C1CCCCC1C(=O)O. The topological polar surface area (TPSA) is 79.3 Å². The van der Waals surface area contributed by atoms with Crippen molar-refractivity contribution in [3.8, 4) is 0 Å². The summed E-state index contributed by atoms with van der Waals surface area (Å²) in [5.74, 6) is -1.98. The number of hydrogen-bond acceptors (Lipinski definition) is 3. The lowest BCUT2D eigenvalue weighted by atomic mass is 9.78. The molecule has 1 aromatic rings. The summed E-state index contributed by atoms with van der Waals surface area (Å²) in [5, 5.41) is 12.1. The van der Waals surface area contributed by atoms with Crippen LogP contribution in [0.3, 0.4) is 0 Å². The summed E-state index contributed by atoms with van der Waals surface area (Å²) in [6, 6.07) is 3.88. The number of nitrogens with one attached hydrogen (secondary N) is 1. The molecule has 0 aliphatic heterocycles. The highest BCUT2D eigenvalue weighted by Crippen LogP contribution is 2.30. The van der Waals surface area contributed by atoms with Gasteiger partial charge in [0, 0.05) is 6.20 Å². The molecule has 0 bridgehead atoms. The van der Waals surface area contributed by atoms with Crippen LogP contribution >= 0.6 is 0 Å². The zero-order valence-corrected chi connectivity index (χ0v) is 12.3. The molecule has 1 saturated carbocycles. The maximum absolute atomic E-state index is 12.3. The van der Waals surface area contributed by atoms with E-state index in [1.807, 2.05) is 19.1 Å². The van der Waals surface area contributed by atoms with Crippen molar-refractivity contribution in [3.63, 3.8) is 0 Å². The average Bonchev–Trinajstić information content (AvgIpc) is 2.52. The van der Waals surface area contributed by atoms with E-state index in [0.717, 1.165) is 30.5 Å². The molecular weight excluding hydrogens is 268 g/mol. The van der Waals surface area contributed by atoms with Gasteiger partial charge in [0.25, 0.3) is 0 Å². The van der Waals surface area contributed by atoms with Crippen molar-refractivity contribution in [3.05, 3.63) is 29.6 Å². The molecule has 1 aromatic heterocycles. The number of carbonyl (C=O) groups excluding carboxylic acids is 1. The third-order valence-electron chi connectivity index (χ3n) is 4.22. The van der Waals surface area contributed by atoms with E-state index >= 15 is 0 Å². The lowest BCUT2D eigenvalue weighted by molar-refractivity contribution is -0.148. The molecule has 2 N–H and O–H groups in total. The second-order valence-corrected chi connectivity index (χ2v) is 5.52. The Morgan fingerprint density at radius 3 is 2.71 bits per heavy atom. The first kappa shape index (κ1) is 15.5. The largest absolute Gasteiger partial charge is 0.481 e. The highest BCUT2D eigenvalue weighted by Gasteiger charge is 2.35. The minimum absolute atomic E-state index is 0.158. The van der Waals surface area contributed by atoms with E-state index in [4.69, 9.17) is 0 Å². The maximum Gasteiger partial charge on any atom is 0.307 e. The van der Waals surface area contributed by atoms with Crippen molar-refractivity contribution < 1.29 is 14.7 Å². The summed E-state index contributed by atoms with van der Waals surface area (Å²) >= 11 is 0. The van der Waals surface area contributed by atoms with E-state index in [9.17, 15) is 14.7 Å². The maximum atomic E-state index is 12.3. The number of carbonyl (C=O) groups is 2. The Morgan fingerprint density at radius 2 is 2.05 bits per heavy atom. The van der Waals surface area contributed by atoms with Gasteiger partial charge < -0.3 is 10.4 Å². The fourth-order valence-electron chi connectivity index (χ4n) is 2.99. The van der Waals surface area contributed by atoms with E-state index in [2.05, 4.69) is 10.3 Å². The lowest BCUT2D eigenvalue weighted by Gasteiger charge is -2.27. The molecule has 0 aromatic carbocycles. The predicted octanol–water partition coefficient (Wildman–Crippen LogP) is 2.15. The molecule has 5 heteroatoms. The molecule has 1 aliphatic rings. The van der Waals surface area contributed by atoms with Crippen LogP contribution in [0.15, 0.2) is 18.3 Å². The van der Waals surface area contributed by atoms with Crippen molar-refractivity contribution in [2.75, 3.05) is 0 Å². The first-order valence-electron chi connectivity index (χ1n) is 7.56. The lowest BCUT2D eigenvalue weighted by Crippen LogP contribution is -2.39. The van der Waals surface area contributed by atoms with Gasteiger partial charge in [-0.25, -0.2) is 0 Å². The van der Waals surface area contributed by atoms with Gasteiger partial charge >= 0.3 is 5.97 Å². The summed E-state index contributed by atoms with van der Waals surface area (Å²) in [4.78, 5) is 27.8. The number of hydrogen-bond donors (Lipinski definition) is 2. The summed E-state index contributed by atoms with van der Waals surface area (Å²) < 4.78 is 0. The number of aliphatic carboxylic acids is 1. The van der Waals surface area contributed by atoms with Crippen LogP contribution in [0.1, 0.15) is 43.9 Å². The average molecular weight is 290 g/mol. The molecule has 1 aliphatic carbocycles. The van der Waals surface area contributed by atoms with Crippen LogP contribution in [0.5, 0.6) is 0 Å². The number of nitrogens with zero attached hydrogens (tertiary/aromatic N) is 1. The number of amides is 1. The fourth-order valence-corrected chi connectivity index (χ4v) is 2.99. The van der Waals surface area contributed by atoms with Gasteiger partial charge in [-0.3, -0.25) is 14.6 Å². The Balaban J connectivity index is 1.99. The number of pyridine rings is 1. The van der Waals surface area contributed by atoms with Crippen molar-refractivity contribution >= 4 is 11.9 Å². The van der Waals surface area contributed by atoms with Gasteiger partial charge in [0.15, 0.2) is 0 Å². The number of rotatable bonds is 5. The van der Waals surface area contributed by atoms with Crippen LogP contribution in [0.25, 0.3) is 0 Å². The Labute approximate surface area is 124 Å². The van der Waals surface area contributed by atoms with E-state index < -0.39 is 17.8 Å². The smallest absolute Gasteiger partial charge is 0.307 e. The second-order valence-electron chi connectivity index (χ2n) is 5.52. The minimum Gasteiger partial charge on any atom is -0.481 e. The Kier molecular flexibility index (Phi) is 5.31. The Morgan fingerprint density at radius 1 is 1.33 bits per heavy atom. The summed E-state index contributed by atoms with van der Waals surface area (Å²) in [7, 11) is 0. The summed E-state index contributed by atoms with van der Waals surface area (Å²) in [6.45, 7) is 2.41. The quantitative estimate of drug-likeness (QED) is 0.871. The molecule has 114 valence electrons. The Bertz CT molecular complexity index is 516. The number of carboxylic acid groups (broad SMARTS) is 1. The van der Waals surface area contributed by atoms with Crippen LogP contribution in [0.2, 0.25) is 0 Å². The molecule has 0 spiro atoms. The fraction of sp³-hybridized carbons (Fsp3) is 0.562. The Hall–Kier alpha value is -1.91. The first-order valence-corrected chi connectivity index (χ1v) is 7.56. The normalized spacial score (nSPS) is 21.8. The van der Waals surface area contributed by atoms with Crippen molar-refractivity contribution in [2.24, 2.45) is 11.8 Å². The van der Waals surface area contributed by atoms with E-state index in [-0.39, 0.29) is 5.91 Å². The third-order valence-corrected chi connectivity index (χ3v) is 4.22. The summed E-state index contributed by atoms with van der Waals surface area (Å²) in [6.07, 6.45) is 5.64. The van der Waals surface area contributed by atoms with Gasteiger partial charge in [-0.2, -0.15) is 0 Å². The van der Waals surface area contributed by atoms with Crippen LogP contribution in [0, 0.1) is 11.8 Å². The van der Waals surface area contributed by atoms with E-state index in [1.165, 1.54) is 0 Å². The minimum atomic E-state index is -0.859. The third kappa shape index (κ3) is 3.80. The van der Waals surface area contributed by atoms with E-state index in [1.54, 1.807) is 6.20 Å². The molecule has 2 atom stereocenters. The molecule has 2 unspecified atom stereocenters. The van der Waals surface area contributed by atoms with Gasteiger partial charge in [0.2, 0.25) is 5.91 Å². The molecule has 21 heavy (non-hydrogen) atoms. The van der Waals surface area contributed by atoms with Crippen molar-refractivity contribution in [1.29, 1.82) is 0 Å². The van der Waals surface area contributed by atoms with E-state index in [0.29, 0.717) is 19.4 Å². The molecule has 2 rings (SSSR count). The highest BCUT2D eigenvalue weighted by atomic mass is 16.4. The monoisotopic (exact) mass is 290 g/mol. The van der Waals surface area contributed by atoms with Crippen molar-refractivity contribution in [1.82, 2.24) is 10.3 Å². The van der Waals surface area contributed by atoms with Gasteiger partial charge in [0.05, 0.1) is 24.1 Å². The van der Waals surface area contributed by atoms with Crippen molar-refractivity contribution in [2.45, 2.75) is 45.6 Å². The summed E-state index contributed by atoms with van der Waals surface area (Å²) in [5.41, 5.74) is 1.97. The van der Waals surface area contributed by atoms with Crippen LogP contribution in [-0.2, 0) is 22.6 Å². The zero-order chi connectivity index (χ0) is 15.2. The first-order chi connectivity index (χ1) is 10.1. The predicted molar refractivity (Wildman–Crippen MR) is 78.5 cm³/mol. The molecule has 1 heterocycles. The van der Waals surface area contributed by atoms with Gasteiger partial charge in [-0.05, 0) is 30.9 Å². The highest BCUT2D eigenvalue weighted by molar-refractivity contribution is 5.84. The number of aryl methyl sites for hydroxylation is 1.